The number of nitrogens with one attached hydrogen (secondary N) is 1. The molecule has 1 N–H and O–H groups in total. The number of rotatable bonds is 4. The maximum absolute atomic E-state index is 12.4. The van der Waals surface area contributed by atoms with E-state index >= 15 is 0 Å². The third-order valence-corrected chi connectivity index (χ3v) is 4.02. The molecular formula is C15H21BrN2O2. The van der Waals surface area contributed by atoms with E-state index < -0.39 is 0 Å². The minimum Gasteiger partial charge on any atom is -0.370 e. The van der Waals surface area contributed by atoms with Crippen LogP contribution in [0.1, 0.15) is 18.6 Å². The average Bonchev–Trinajstić information content (AvgIpc) is 2.47. The zero-order chi connectivity index (χ0) is 14.5. The molecule has 0 aliphatic carbocycles. The van der Waals surface area contributed by atoms with Crippen molar-refractivity contribution >= 4 is 21.8 Å². The van der Waals surface area contributed by atoms with Crippen molar-refractivity contribution in [2.75, 3.05) is 33.3 Å². The van der Waals surface area contributed by atoms with E-state index in [2.05, 4.69) is 27.3 Å². The molecular weight excluding hydrogens is 320 g/mol. The molecule has 2 rings (SSSR count). The highest BCUT2D eigenvalue weighted by Crippen LogP contribution is 2.25. The molecule has 5 heteroatoms. The van der Waals surface area contributed by atoms with Gasteiger partial charge in [0, 0.05) is 23.5 Å². The molecule has 0 bridgehead atoms. The van der Waals surface area contributed by atoms with Gasteiger partial charge in [-0.25, -0.2) is 0 Å². The molecule has 2 unspecified atom stereocenters. The average molecular weight is 341 g/mol. The predicted molar refractivity (Wildman–Crippen MR) is 82.5 cm³/mol. The molecule has 0 saturated carbocycles. The zero-order valence-corrected chi connectivity index (χ0v) is 13.5. The maximum atomic E-state index is 12.4. The molecule has 1 amide bonds. The van der Waals surface area contributed by atoms with E-state index in [1.807, 2.05) is 37.1 Å². The van der Waals surface area contributed by atoms with Crippen molar-refractivity contribution in [2.45, 2.75) is 13.0 Å². The van der Waals surface area contributed by atoms with Gasteiger partial charge in [-0.3, -0.25) is 4.79 Å². The molecule has 20 heavy (non-hydrogen) atoms. The van der Waals surface area contributed by atoms with Gasteiger partial charge in [-0.1, -0.05) is 35.0 Å². The van der Waals surface area contributed by atoms with Gasteiger partial charge in [0.05, 0.1) is 13.2 Å². The van der Waals surface area contributed by atoms with Gasteiger partial charge in [-0.15, -0.1) is 0 Å². The molecule has 2 atom stereocenters. The Hall–Kier alpha value is -0.910. The lowest BCUT2D eigenvalue weighted by Gasteiger charge is -2.34. The number of hydrogen-bond acceptors (Lipinski definition) is 3. The zero-order valence-electron chi connectivity index (χ0n) is 11.9. The molecule has 110 valence electrons. The van der Waals surface area contributed by atoms with Gasteiger partial charge in [0.25, 0.3) is 0 Å². The van der Waals surface area contributed by atoms with Crippen molar-refractivity contribution in [1.82, 2.24) is 10.2 Å². The lowest BCUT2D eigenvalue weighted by Crippen LogP contribution is -2.46. The minimum atomic E-state index is -0.0352. The largest absolute Gasteiger partial charge is 0.370 e. The normalized spacial score (nSPS) is 20.8. The third-order valence-electron chi connectivity index (χ3n) is 3.53. The van der Waals surface area contributed by atoms with Gasteiger partial charge >= 0.3 is 0 Å². The Morgan fingerprint density at radius 1 is 1.60 bits per heavy atom. The van der Waals surface area contributed by atoms with Crippen LogP contribution in [-0.4, -0.2) is 44.1 Å². The first-order chi connectivity index (χ1) is 9.61. The first-order valence-corrected chi connectivity index (χ1v) is 7.71. The summed E-state index contributed by atoms with van der Waals surface area (Å²) in [4.78, 5) is 14.3. The quantitative estimate of drug-likeness (QED) is 0.913. The number of morpholine rings is 1. The Balaban J connectivity index is 2.03. The Labute approximate surface area is 128 Å². The summed E-state index contributed by atoms with van der Waals surface area (Å²) in [5.74, 6) is 0.198. The summed E-state index contributed by atoms with van der Waals surface area (Å²) in [7, 11) is 1.87. The van der Waals surface area contributed by atoms with Crippen LogP contribution in [0.4, 0.5) is 0 Å². The van der Waals surface area contributed by atoms with Crippen LogP contribution < -0.4 is 5.32 Å². The lowest BCUT2D eigenvalue weighted by molar-refractivity contribution is -0.142. The molecule has 1 heterocycles. The number of nitrogens with zero attached hydrogens (tertiary/aromatic N) is 1. The second-order valence-corrected chi connectivity index (χ2v) is 6.07. The van der Waals surface area contributed by atoms with Gasteiger partial charge < -0.3 is 15.0 Å². The number of benzene rings is 1. The molecule has 1 aliphatic rings. The maximum Gasteiger partial charge on any atom is 0.226 e. The van der Waals surface area contributed by atoms with Crippen molar-refractivity contribution in [2.24, 2.45) is 5.92 Å². The van der Waals surface area contributed by atoms with Crippen LogP contribution in [0.2, 0.25) is 0 Å². The van der Waals surface area contributed by atoms with Crippen molar-refractivity contribution in [3.8, 4) is 0 Å². The van der Waals surface area contributed by atoms with Crippen LogP contribution in [0.5, 0.6) is 0 Å². The lowest BCUT2D eigenvalue weighted by atomic mass is 10.1. The molecule has 1 aliphatic heterocycles. The Bertz CT molecular complexity index is 467. The second-order valence-electron chi connectivity index (χ2n) is 5.16. The highest BCUT2D eigenvalue weighted by molar-refractivity contribution is 9.10. The standard InChI is InChI=1S/C15H21BrN2O2/c1-11(9-17-2)15(19)18-6-7-20-14(10-18)12-4-3-5-13(16)8-12/h3-5,8,11,14,17H,6-7,9-10H2,1-2H3. The minimum absolute atomic E-state index is 0.00117. The van der Waals surface area contributed by atoms with E-state index in [1.54, 1.807) is 0 Å². The van der Waals surface area contributed by atoms with Crippen LogP contribution >= 0.6 is 15.9 Å². The van der Waals surface area contributed by atoms with Gasteiger partial charge in [-0.05, 0) is 24.7 Å². The van der Waals surface area contributed by atoms with E-state index in [-0.39, 0.29) is 17.9 Å². The first kappa shape index (κ1) is 15.5. The smallest absolute Gasteiger partial charge is 0.226 e. The fourth-order valence-electron chi connectivity index (χ4n) is 2.46. The van der Waals surface area contributed by atoms with Crippen LogP contribution in [0.15, 0.2) is 28.7 Å². The Morgan fingerprint density at radius 2 is 2.40 bits per heavy atom. The number of carbonyl (C=O) groups excluding carboxylic acids is 1. The summed E-state index contributed by atoms with van der Waals surface area (Å²) in [6.45, 7) is 4.57. The van der Waals surface area contributed by atoms with Gasteiger partial charge in [0.1, 0.15) is 6.10 Å². The number of ether oxygens (including phenoxy) is 1. The van der Waals surface area contributed by atoms with Crippen molar-refractivity contribution in [3.05, 3.63) is 34.3 Å². The summed E-state index contributed by atoms with van der Waals surface area (Å²) in [5.41, 5.74) is 1.11. The van der Waals surface area contributed by atoms with Crippen molar-refractivity contribution in [1.29, 1.82) is 0 Å². The number of carbonyl (C=O) groups is 1. The van der Waals surface area contributed by atoms with Gasteiger partial charge in [0.15, 0.2) is 0 Å². The summed E-state index contributed by atoms with van der Waals surface area (Å²) in [5, 5.41) is 3.05. The molecule has 1 aromatic rings. The van der Waals surface area contributed by atoms with Crippen LogP contribution in [0.25, 0.3) is 0 Å². The summed E-state index contributed by atoms with van der Waals surface area (Å²) in [6, 6.07) is 8.08. The monoisotopic (exact) mass is 340 g/mol. The molecule has 0 radical (unpaired) electrons. The van der Waals surface area contributed by atoms with E-state index in [0.717, 1.165) is 10.0 Å². The molecule has 0 aromatic heterocycles. The summed E-state index contributed by atoms with van der Waals surface area (Å²) in [6.07, 6.45) is -0.0352. The fourth-order valence-corrected chi connectivity index (χ4v) is 2.88. The van der Waals surface area contributed by atoms with Crippen molar-refractivity contribution < 1.29 is 9.53 Å². The first-order valence-electron chi connectivity index (χ1n) is 6.92. The van der Waals surface area contributed by atoms with E-state index in [4.69, 9.17) is 4.74 Å². The highest BCUT2D eigenvalue weighted by Gasteiger charge is 2.27. The molecule has 4 nitrogen and oxygen atoms in total. The van der Waals surface area contributed by atoms with Crippen LogP contribution in [0, 0.1) is 5.92 Å². The van der Waals surface area contributed by atoms with Gasteiger partial charge in [-0.2, -0.15) is 0 Å². The Morgan fingerprint density at radius 3 is 3.10 bits per heavy atom. The van der Waals surface area contributed by atoms with Gasteiger partial charge in [0.2, 0.25) is 5.91 Å². The summed E-state index contributed by atoms with van der Waals surface area (Å²) >= 11 is 3.47. The predicted octanol–water partition coefficient (Wildman–Crippen LogP) is 2.20. The van der Waals surface area contributed by atoms with Crippen LogP contribution in [0.3, 0.4) is 0 Å². The molecule has 0 spiro atoms. The number of hydrogen-bond donors (Lipinski definition) is 1. The fraction of sp³-hybridized carbons (Fsp3) is 0.533. The molecule has 1 saturated heterocycles. The van der Waals surface area contributed by atoms with E-state index in [1.165, 1.54) is 0 Å². The number of halogens is 1. The van der Waals surface area contributed by atoms with Crippen molar-refractivity contribution in [3.63, 3.8) is 0 Å². The second kappa shape index (κ2) is 7.20. The SMILES string of the molecule is CNCC(C)C(=O)N1CCOC(c2cccc(Br)c2)C1. The number of amides is 1. The summed E-state index contributed by atoms with van der Waals surface area (Å²) < 4.78 is 6.84. The third kappa shape index (κ3) is 3.81. The van der Waals surface area contributed by atoms with E-state index in [9.17, 15) is 4.79 Å². The topological polar surface area (TPSA) is 41.6 Å². The Kier molecular flexibility index (Phi) is 5.57. The highest BCUT2D eigenvalue weighted by atomic mass is 79.9. The van der Waals surface area contributed by atoms with E-state index in [0.29, 0.717) is 26.2 Å². The van der Waals surface area contributed by atoms with Crippen LogP contribution in [-0.2, 0) is 9.53 Å². The molecule has 1 aromatic carbocycles. The molecule has 1 fully saturated rings.